The minimum absolute atomic E-state index is 0.173. The lowest BCUT2D eigenvalue weighted by atomic mass is 10.0. The lowest BCUT2D eigenvalue weighted by molar-refractivity contribution is -0.870. The van der Waals surface area contributed by atoms with Crippen molar-refractivity contribution < 1.29 is 42.9 Å². The molecule has 0 amide bonds. The number of carboxylic acids is 1. The van der Waals surface area contributed by atoms with E-state index in [2.05, 4.69) is 38.2 Å². The maximum atomic E-state index is 13.0. The van der Waals surface area contributed by atoms with E-state index in [-0.39, 0.29) is 38.2 Å². The first-order valence-corrected chi connectivity index (χ1v) is 38.5. The van der Waals surface area contributed by atoms with Gasteiger partial charge in [0.15, 0.2) is 6.10 Å². The highest BCUT2D eigenvalue weighted by Crippen LogP contribution is 2.20. The van der Waals surface area contributed by atoms with E-state index in [1.54, 1.807) is 0 Å². The molecule has 0 aliphatic rings. The Kier molecular flexibility index (Phi) is 67.9. The molecule has 9 heteroatoms. The summed E-state index contributed by atoms with van der Waals surface area (Å²) < 4.78 is 23.0. The Labute approximate surface area is 541 Å². The zero-order chi connectivity index (χ0) is 63.3. The van der Waals surface area contributed by atoms with Gasteiger partial charge in [0, 0.05) is 12.8 Å². The van der Waals surface area contributed by atoms with Gasteiger partial charge in [-0.05, 0) is 44.9 Å². The number of unbranched alkanes of at least 4 members (excludes halogenated alkanes) is 54. The van der Waals surface area contributed by atoms with Crippen LogP contribution in [0.25, 0.3) is 0 Å². The van der Waals surface area contributed by atoms with E-state index in [0.29, 0.717) is 17.4 Å². The largest absolute Gasteiger partial charge is 0.477 e. The van der Waals surface area contributed by atoms with Crippen molar-refractivity contribution in [2.75, 3.05) is 47.5 Å². The molecule has 0 aliphatic carbocycles. The van der Waals surface area contributed by atoms with Crippen LogP contribution in [0.15, 0.2) is 24.3 Å². The first-order valence-electron chi connectivity index (χ1n) is 38.5. The SMILES string of the molecule is CCCCCCC/C=C\C/C=C\CCCCCCCCCCCCCCCCCCCCCCCCCCCC(=O)OC(COC(=O)CCCCCCCCCCCCCCCCCCCCCCCCCCC)COC(OCC[N+](C)(C)C)C(=O)O. The molecule has 0 aliphatic heterocycles. The predicted molar refractivity (Wildman–Crippen MR) is 374 cm³/mol. The van der Waals surface area contributed by atoms with Crippen LogP contribution in [0.4, 0.5) is 0 Å². The summed E-state index contributed by atoms with van der Waals surface area (Å²) in [4.78, 5) is 37.7. The molecule has 9 nitrogen and oxygen atoms in total. The molecule has 2 atom stereocenters. The molecule has 2 unspecified atom stereocenters. The average molecular weight is 1230 g/mol. The molecule has 0 bridgehead atoms. The van der Waals surface area contributed by atoms with E-state index in [9.17, 15) is 19.5 Å². The van der Waals surface area contributed by atoms with E-state index in [4.69, 9.17) is 18.9 Å². The molecule has 0 radical (unpaired) electrons. The fourth-order valence-electron chi connectivity index (χ4n) is 11.8. The second-order valence-corrected chi connectivity index (χ2v) is 27.7. The van der Waals surface area contributed by atoms with Crippen molar-refractivity contribution in [3.63, 3.8) is 0 Å². The Morgan fingerprint density at radius 3 is 0.908 bits per heavy atom. The third-order valence-electron chi connectivity index (χ3n) is 17.7. The Morgan fingerprint density at radius 1 is 0.345 bits per heavy atom. The normalized spacial score (nSPS) is 12.7. The summed E-state index contributed by atoms with van der Waals surface area (Å²) in [6.07, 6.45) is 84.7. The van der Waals surface area contributed by atoms with Crippen LogP contribution in [0.5, 0.6) is 0 Å². The summed E-state index contributed by atoms with van der Waals surface area (Å²) in [5.41, 5.74) is 0. The summed E-state index contributed by atoms with van der Waals surface area (Å²) in [6.45, 7) is 4.95. The monoisotopic (exact) mass is 1230 g/mol. The Morgan fingerprint density at radius 2 is 0.621 bits per heavy atom. The minimum atomic E-state index is -1.51. The van der Waals surface area contributed by atoms with Crippen LogP contribution in [0.2, 0.25) is 0 Å². The maximum absolute atomic E-state index is 13.0. The summed E-state index contributed by atoms with van der Waals surface area (Å²) in [5, 5.41) is 9.76. The van der Waals surface area contributed by atoms with E-state index in [1.807, 2.05) is 21.1 Å². The van der Waals surface area contributed by atoms with Crippen molar-refractivity contribution in [2.24, 2.45) is 0 Å². The molecule has 0 saturated carbocycles. The molecule has 0 spiro atoms. The second-order valence-electron chi connectivity index (χ2n) is 27.7. The number of allylic oxidation sites excluding steroid dienone is 4. The lowest BCUT2D eigenvalue weighted by Crippen LogP contribution is -2.40. The van der Waals surface area contributed by atoms with Crippen LogP contribution < -0.4 is 0 Å². The number of likely N-dealkylation sites (N-methyl/N-ethyl adjacent to an activating group) is 1. The predicted octanol–water partition coefficient (Wildman–Crippen LogP) is 24.1. The topological polar surface area (TPSA) is 108 Å². The zero-order valence-electron chi connectivity index (χ0n) is 59.0. The smallest absolute Gasteiger partial charge is 0.361 e. The van der Waals surface area contributed by atoms with Crippen molar-refractivity contribution in [1.29, 1.82) is 0 Å². The molecule has 0 rings (SSSR count). The van der Waals surface area contributed by atoms with Crippen molar-refractivity contribution in [1.82, 2.24) is 0 Å². The molecule has 0 aromatic rings. The van der Waals surface area contributed by atoms with Crippen molar-refractivity contribution >= 4 is 17.9 Å². The third-order valence-corrected chi connectivity index (χ3v) is 17.7. The number of carboxylic acid groups (broad SMARTS) is 1. The molecule has 87 heavy (non-hydrogen) atoms. The molecule has 0 saturated heterocycles. The van der Waals surface area contributed by atoms with Gasteiger partial charge in [-0.2, -0.15) is 0 Å². The Bertz CT molecular complexity index is 1480. The summed E-state index contributed by atoms with van der Waals surface area (Å²) in [5.74, 6) is -1.97. The fourth-order valence-corrected chi connectivity index (χ4v) is 11.8. The minimum Gasteiger partial charge on any atom is -0.477 e. The van der Waals surface area contributed by atoms with Gasteiger partial charge in [0.2, 0.25) is 0 Å². The van der Waals surface area contributed by atoms with Gasteiger partial charge in [0.25, 0.3) is 6.29 Å². The average Bonchev–Trinajstić information content (AvgIpc) is 3.57. The summed E-state index contributed by atoms with van der Waals surface area (Å²) >= 11 is 0. The van der Waals surface area contributed by atoms with Crippen molar-refractivity contribution in [2.45, 2.75) is 411 Å². The van der Waals surface area contributed by atoms with Gasteiger partial charge >= 0.3 is 17.9 Å². The molecule has 0 aromatic carbocycles. The van der Waals surface area contributed by atoms with Crippen LogP contribution >= 0.6 is 0 Å². The number of rotatable bonds is 73. The highest BCUT2D eigenvalue weighted by molar-refractivity contribution is 5.71. The number of hydrogen-bond acceptors (Lipinski definition) is 7. The van der Waals surface area contributed by atoms with Gasteiger partial charge in [-0.3, -0.25) is 9.59 Å². The second kappa shape index (κ2) is 69.7. The molecule has 0 aromatic heterocycles. The van der Waals surface area contributed by atoms with Crippen molar-refractivity contribution in [3.8, 4) is 0 Å². The lowest BCUT2D eigenvalue weighted by Gasteiger charge is -2.25. The number of ether oxygens (including phenoxy) is 4. The van der Waals surface area contributed by atoms with E-state index >= 15 is 0 Å². The summed E-state index contributed by atoms with van der Waals surface area (Å²) in [7, 11) is 6.00. The van der Waals surface area contributed by atoms with Crippen LogP contribution in [0, 0.1) is 0 Å². The summed E-state index contributed by atoms with van der Waals surface area (Å²) in [6, 6.07) is 0. The van der Waals surface area contributed by atoms with Gasteiger partial charge in [-0.1, -0.05) is 366 Å². The van der Waals surface area contributed by atoms with Crippen LogP contribution in [0.3, 0.4) is 0 Å². The van der Waals surface area contributed by atoms with Crippen LogP contribution in [0.1, 0.15) is 399 Å². The van der Waals surface area contributed by atoms with Gasteiger partial charge < -0.3 is 28.5 Å². The van der Waals surface area contributed by atoms with E-state index in [0.717, 1.165) is 44.9 Å². The number of nitrogens with zero attached hydrogens (tertiary/aromatic N) is 1. The van der Waals surface area contributed by atoms with Crippen LogP contribution in [-0.4, -0.2) is 87.4 Å². The Hall–Kier alpha value is -2.23. The number of quaternary nitrogens is 1. The first-order chi connectivity index (χ1) is 42.6. The van der Waals surface area contributed by atoms with Gasteiger partial charge in [0.05, 0.1) is 34.4 Å². The molecule has 1 N–H and O–H groups in total. The van der Waals surface area contributed by atoms with Crippen molar-refractivity contribution in [3.05, 3.63) is 24.3 Å². The first kappa shape index (κ1) is 84.8. The molecule has 0 fully saturated rings. The highest BCUT2D eigenvalue weighted by atomic mass is 16.7. The van der Waals surface area contributed by atoms with Gasteiger partial charge in [-0.25, -0.2) is 4.79 Å². The highest BCUT2D eigenvalue weighted by Gasteiger charge is 2.25. The maximum Gasteiger partial charge on any atom is 0.361 e. The molecular weight excluding hydrogens is 1080 g/mol. The molecule has 0 heterocycles. The standard InChI is InChI=1S/C78H149NO8/c1-6-8-10-12-14-16-18-20-22-24-26-28-30-32-33-34-35-36-37-38-39-40-41-42-43-45-47-49-51-53-55-57-59-61-63-65-67-69-76(81)87-74(73-86-78(77(82)83)84-71-70-79(3,4)5)72-85-75(80)68-66-64-62-60-58-56-54-52-50-48-46-44-31-29-27-25-23-21-19-17-15-13-11-9-7-2/h18,20,24,26,74,78H,6-17,19,21-23,25,27-73H2,1-5H3/p+1/b20-18-,26-24-. The molecular formula is C78H150NO8+. The van der Waals surface area contributed by atoms with Gasteiger partial charge in [-0.15, -0.1) is 0 Å². The number of aliphatic carboxylic acids is 1. The molecule has 514 valence electrons. The Balaban J connectivity index is 3.97. The third kappa shape index (κ3) is 71.1. The van der Waals surface area contributed by atoms with E-state index < -0.39 is 18.4 Å². The fraction of sp³-hybridized carbons (Fsp3) is 0.910. The number of carbonyl (C=O) groups excluding carboxylic acids is 2. The number of carbonyl (C=O) groups is 3. The zero-order valence-corrected chi connectivity index (χ0v) is 59.0. The van der Waals surface area contributed by atoms with Crippen LogP contribution in [-0.2, 0) is 33.3 Å². The quantitative estimate of drug-likeness (QED) is 0.0211. The number of esters is 2. The van der Waals surface area contributed by atoms with E-state index in [1.165, 1.54) is 327 Å². The van der Waals surface area contributed by atoms with Gasteiger partial charge in [0.1, 0.15) is 13.2 Å². The number of hydrogen-bond donors (Lipinski definition) is 1.